The van der Waals surface area contributed by atoms with Crippen molar-refractivity contribution in [3.63, 3.8) is 0 Å². The molecule has 1 N–H and O–H groups in total. The van der Waals surface area contributed by atoms with E-state index >= 15 is 0 Å². The number of aliphatic hydroxyl groups excluding tert-OH is 1. The van der Waals surface area contributed by atoms with Crippen LogP contribution in [0.4, 0.5) is 0 Å². The molecule has 2 rings (SSSR count). The lowest BCUT2D eigenvalue weighted by molar-refractivity contribution is 0.168. The van der Waals surface area contributed by atoms with Crippen LogP contribution in [0.2, 0.25) is 0 Å². The molecule has 0 saturated heterocycles. The fraction of sp³-hybridized carbons (Fsp3) is 0.214. The summed E-state index contributed by atoms with van der Waals surface area (Å²) in [6.07, 6.45) is 1.13. The molecule has 17 heavy (non-hydrogen) atoms. The zero-order valence-corrected chi connectivity index (χ0v) is 10.2. The highest BCUT2D eigenvalue weighted by molar-refractivity contribution is 7.07. The van der Waals surface area contributed by atoms with Gasteiger partial charge in [-0.3, -0.25) is 0 Å². The van der Waals surface area contributed by atoms with Crippen molar-refractivity contribution in [1.29, 1.82) is 5.26 Å². The predicted octanol–water partition coefficient (Wildman–Crippen LogP) is 3.29. The van der Waals surface area contributed by atoms with Crippen LogP contribution < -0.4 is 0 Å². The lowest BCUT2D eigenvalue weighted by atomic mass is 10.0. The first kappa shape index (κ1) is 11.8. The molecule has 2 nitrogen and oxygen atoms in total. The number of hydrogen-bond acceptors (Lipinski definition) is 3. The fourth-order valence-electron chi connectivity index (χ4n) is 1.68. The van der Waals surface area contributed by atoms with Crippen LogP contribution in [0.3, 0.4) is 0 Å². The topological polar surface area (TPSA) is 44.0 Å². The van der Waals surface area contributed by atoms with E-state index in [2.05, 4.69) is 17.5 Å². The SMILES string of the molecule is N#Cc1ccc(C(O)CCc2ccsc2)cc1. The number of aryl methyl sites for hydroxylation is 1. The predicted molar refractivity (Wildman–Crippen MR) is 68.8 cm³/mol. The minimum atomic E-state index is -0.456. The van der Waals surface area contributed by atoms with Gasteiger partial charge in [0.05, 0.1) is 17.7 Å². The summed E-state index contributed by atoms with van der Waals surface area (Å²) in [5.41, 5.74) is 2.76. The second-order valence-corrected chi connectivity index (χ2v) is 4.70. The molecule has 0 amide bonds. The van der Waals surface area contributed by atoms with Crippen LogP contribution in [-0.2, 0) is 6.42 Å². The molecule has 1 unspecified atom stereocenters. The average molecular weight is 243 g/mol. The molecule has 0 aliphatic carbocycles. The maximum Gasteiger partial charge on any atom is 0.0991 e. The molecule has 0 fully saturated rings. The minimum absolute atomic E-state index is 0.456. The van der Waals surface area contributed by atoms with Gasteiger partial charge in [0.2, 0.25) is 0 Å². The summed E-state index contributed by atoms with van der Waals surface area (Å²) < 4.78 is 0. The van der Waals surface area contributed by atoms with Crippen molar-refractivity contribution in [1.82, 2.24) is 0 Å². The van der Waals surface area contributed by atoms with Gasteiger partial charge in [0.15, 0.2) is 0 Å². The molecule has 2 aromatic rings. The molecule has 0 aliphatic rings. The summed E-state index contributed by atoms with van der Waals surface area (Å²) in [7, 11) is 0. The summed E-state index contributed by atoms with van der Waals surface area (Å²) in [6.45, 7) is 0. The minimum Gasteiger partial charge on any atom is -0.388 e. The van der Waals surface area contributed by atoms with E-state index in [0.717, 1.165) is 12.0 Å². The first-order valence-corrected chi connectivity index (χ1v) is 6.43. The Morgan fingerprint density at radius 3 is 2.59 bits per heavy atom. The smallest absolute Gasteiger partial charge is 0.0991 e. The summed E-state index contributed by atoms with van der Waals surface area (Å²) >= 11 is 1.67. The van der Waals surface area contributed by atoms with Crippen LogP contribution in [-0.4, -0.2) is 5.11 Å². The molecule has 1 aromatic heterocycles. The zero-order valence-electron chi connectivity index (χ0n) is 9.34. The summed E-state index contributed by atoms with van der Waals surface area (Å²) in [4.78, 5) is 0. The molecule has 0 bridgehead atoms. The largest absolute Gasteiger partial charge is 0.388 e. The fourth-order valence-corrected chi connectivity index (χ4v) is 2.39. The highest BCUT2D eigenvalue weighted by Crippen LogP contribution is 2.20. The second-order valence-electron chi connectivity index (χ2n) is 3.92. The summed E-state index contributed by atoms with van der Waals surface area (Å²) in [5, 5.41) is 22.8. The number of rotatable bonds is 4. The van der Waals surface area contributed by atoms with Gasteiger partial charge >= 0.3 is 0 Å². The third-order valence-electron chi connectivity index (χ3n) is 2.71. The van der Waals surface area contributed by atoms with Crippen LogP contribution in [0.15, 0.2) is 41.1 Å². The Morgan fingerprint density at radius 2 is 2.00 bits per heavy atom. The molecule has 1 aromatic carbocycles. The quantitative estimate of drug-likeness (QED) is 0.895. The molecule has 1 atom stereocenters. The van der Waals surface area contributed by atoms with Crippen LogP contribution in [0.5, 0.6) is 0 Å². The molecular formula is C14H13NOS. The van der Waals surface area contributed by atoms with Crippen molar-refractivity contribution in [3.05, 3.63) is 57.8 Å². The number of thiophene rings is 1. The van der Waals surface area contributed by atoms with E-state index in [-0.39, 0.29) is 0 Å². The van der Waals surface area contributed by atoms with E-state index in [1.54, 1.807) is 23.5 Å². The molecule has 0 radical (unpaired) electrons. The number of nitriles is 1. The van der Waals surface area contributed by atoms with E-state index in [1.807, 2.05) is 17.5 Å². The van der Waals surface area contributed by atoms with Gasteiger partial charge in [-0.1, -0.05) is 12.1 Å². The van der Waals surface area contributed by atoms with Crippen LogP contribution in [0.25, 0.3) is 0 Å². The number of benzene rings is 1. The van der Waals surface area contributed by atoms with Gasteiger partial charge in [0.1, 0.15) is 0 Å². The van der Waals surface area contributed by atoms with Gasteiger partial charge in [-0.15, -0.1) is 0 Å². The maximum atomic E-state index is 10.0. The van der Waals surface area contributed by atoms with Crippen molar-refractivity contribution >= 4 is 11.3 Å². The summed E-state index contributed by atoms with van der Waals surface area (Å²) in [5.74, 6) is 0. The first-order chi connectivity index (χ1) is 8.29. The Kier molecular flexibility index (Phi) is 3.92. The Labute approximate surface area is 105 Å². The molecule has 1 heterocycles. The van der Waals surface area contributed by atoms with E-state index in [1.165, 1.54) is 5.56 Å². The number of aliphatic hydroxyl groups is 1. The van der Waals surface area contributed by atoms with Gasteiger partial charge in [-0.05, 0) is 52.9 Å². The molecule has 0 saturated carbocycles. The molecule has 0 spiro atoms. The van der Waals surface area contributed by atoms with E-state index < -0.39 is 6.10 Å². The van der Waals surface area contributed by atoms with Crippen LogP contribution in [0, 0.1) is 11.3 Å². The van der Waals surface area contributed by atoms with Crippen molar-refractivity contribution in [3.8, 4) is 6.07 Å². The molecule has 86 valence electrons. The Balaban J connectivity index is 1.95. The van der Waals surface area contributed by atoms with Crippen molar-refractivity contribution in [2.75, 3.05) is 0 Å². The maximum absolute atomic E-state index is 10.0. The number of hydrogen-bond donors (Lipinski definition) is 1. The highest BCUT2D eigenvalue weighted by Gasteiger charge is 2.07. The Hall–Kier alpha value is -1.63. The van der Waals surface area contributed by atoms with Crippen molar-refractivity contribution < 1.29 is 5.11 Å². The van der Waals surface area contributed by atoms with Crippen LogP contribution >= 0.6 is 11.3 Å². The monoisotopic (exact) mass is 243 g/mol. The Morgan fingerprint density at radius 1 is 1.24 bits per heavy atom. The molecular weight excluding hydrogens is 230 g/mol. The molecule has 0 aliphatic heterocycles. The van der Waals surface area contributed by atoms with Crippen molar-refractivity contribution in [2.45, 2.75) is 18.9 Å². The normalized spacial score (nSPS) is 12.0. The van der Waals surface area contributed by atoms with Gasteiger partial charge < -0.3 is 5.11 Å². The van der Waals surface area contributed by atoms with Crippen LogP contribution in [0.1, 0.15) is 29.2 Å². The van der Waals surface area contributed by atoms with Crippen molar-refractivity contribution in [2.24, 2.45) is 0 Å². The lowest BCUT2D eigenvalue weighted by Gasteiger charge is -2.10. The second kappa shape index (κ2) is 5.62. The van der Waals surface area contributed by atoms with E-state index in [0.29, 0.717) is 12.0 Å². The lowest BCUT2D eigenvalue weighted by Crippen LogP contribution is -1.99. The van der Waals surface area contributed by atoms with Gasteiger partial charge in [0.25, 0.3) is 0 Å². The van der Waals surface area contributed by atoms with E-state index in [9.17, 15) is 5.11 Å². The standard InChI is InChI=1S/C14H13NOS/c15-9-11-1-4-13(5-2-11)14(16)6-3-12-7-8-17-10-12/h1-2,4-5,7-8,10,14,16H,3,6H2. The summed E-state index contributed by atoms with van der Waals surface area (Å²) in [6, 6.07) is 11.3. The highest BCUT2D eigenvalue weighted by atomic mass is 32.1. The van der Waals surface area contributed by atoms with Gasteiger partial charge in [-0.25, -0.2) is 0 Å². The Bertz CT molecular complexity index is 496. The van der Waals surface area contributed by atoms with Gasteiger partial charge in [0, 0.05) is 0 Å². The zero-order chi connectivity index (χ0) is 12.1. The average Bonchev–Trinajstić information content (AvgIpc) is 2.89. The third kappa shape index (κ3) is 3.16. The molecule has 3 heteroatoms. The van der Waals surface area contributed by atoms with Gasteiger partial charge in [-0.2, -0.15) is 16.6 Å². The third-order valence-corrected chi connectivity index (χ3v) is 3.44. The first-order valence-electron chi connectivity index (χ1n) is 5.49. The van der Waals surface area contributed by atoms with E-state index in [4.69, 9.17) is 5.26 Å². The number of nitrogens with zero attached hydrogens (tertiary/aromatic N) is 1.